The Morgan fingerprint density at radius 2 is 1.17 bits per heavy atom. The van der Waals surface area contributed by atoms with Crippen LogP contribution in [-0.4, -0.2) is 0 Å². The van der Waals surface area contributed by atoms with E-state index in [-0.39, 0.29) is 0 Å². The Morgan fingerprint density at radius 3 is 1.25 bits per heavy atom. The highest BCUT2D eigenvalue weighted by Gasteiger charge is 2.07. The first-order valence-electron chi connectivity index (χ1n) is 5.56. The molecule has 0 spiro atoms. The van der Waals surface area contributed by atoms with Gasteiger partial charge >= 0.3 is 0 Å². The van der Waals surface area contributed by atoms with Crippen molar-refractivity contribution in [3.63, 3.8) is 0 Å². The standard InChI is InChI=1S/C8H18.2C2H6/c1-5-6-7-8(2,3)4;2*1-2/h5-7H2,1-4H3;2*1-2H3. The van der Waals surface area contributed by atoms with E-state index in [1.807, 2.05) is 27.7 Å². The molecule has 0 nitrogen and oxygen atoms in total. The molecule has 0 rings (SSSR count). The molecule has 0 saturated carbocycles. The molecule has 0 unspecified atom stereocenters. The Bertz CT molecular complexity index is 47.5. The molecule has 0 amide bonds. The van der Waals surface area contributed by atoms with E-state index >= 15 is 0 Å². The van der Waals surface area contributed by atoms with Gasteiger partial charge in [0.25, 0.3) is 0 Å². The van der Waals surface area contributed by atoms with Crippen LogP contribution in [0.1, 0.15) is 74.7 Å². The molecule has 0 aromatic rings. The van der Waals surface area contributed by atoms with Crippen LogP contribution in [0.4, 0.5) is 0 Å². The predicted molar refractivity (Wildman–Crippen MR) is 61.7 cm³/mol. The van der Waals surface area contributed by atoms with Crippen LogP contribution in [0.5, 0.6) is 0 Å². The van der Waals surface area contributed by atoms with Crippen LogP contribution >= 0.6 is 0 Å². The van der Waals surface area contributed by atoms with E-state index in [0.717, 1.165) is 0 Å². The van der Waals surface area contributed by atoms with Crippen molar-refractivity contribution in [2.75, 3.05) is 0 Å². The van der Waals surface area contributed by atoms with Crippen LogP contribution in [0.15, 0.2) is 0 Å². The lowest BCUT2D eigenvalue weighted by atomic mass is 9.90. The number of rotatable bonds is 2. The monoisotopic (exact) mass is 174 g/mol. The maximum Gasteiger partial charge on any atom is -0.0383 e. The molecule has 0 heterocycles. The van der Waals surface area contributed by atoms with Crippen LogP contribution in [0.25, 0.3) is 0 Å². The fourth-order valence-electron chi connectivity index (χ4n) is 0.707. The molecule has 0 aliphatic rings. The average Bonchev–Trinajstić information content (AvgIpc) is 2.07. The molecule has 78 valence electrons. The molecule has 0 aromatic heterocycles. The van der Waals surface area contributed by atoms with Gasteiger partial charge in [0.15, 0.2) is 0 Å². The van der Waals surface area contributed by atoms with Gasteiger partial charge in [0.1, 0.15) is 0 Å². The van der Waals surface area contributed by atoms with Gasteiger partial charge in [0.05, 0.1) is 0 Å². The third-order valence-electron chi connectivity index (χ3n) is 1.28. The second-order valence-corrected chi connectivity index (χ2v) is 3.66. The van der Waals surface area contributed by atoms with E-state index in [1.165, 1.54) is 19.3 Å². The van der Waals surface area contributed by atoms with Gasteiger partial charge in [0.2, 0.25) is 0 Å². The van der Waals surface area contributed by atoms with Crippen molar-refractivity contribution in [1.29, 1.82) is 0 Å². The Morgan fingerprint density at radius 1 is 0.833 bits per heavy atom. The quantitative estimate of drug-likeness (QED) is 0.534. The first-order valence-corrected chi connectivity index (χ1v) is 5.56. The lowest BCUT2D eigenvalue weighted by Gasteiger charge is -2.16. The molecular formula is C12H30. The molecule has 0 atom stereocenters. The smallest absolute Gasteiger partial charge is 0.0383 e. The highest BCUT2D eigenvalue weighted by molar-refractivity contribution is 4.59. The largest absolute Gasteiger partial charge is 0.0683 e. The summed E-state index contributed by atoms with van der Waals surface area (Å²) in [6.45, 7) is 17.1. The Kier molecular flexibility index (Phi) is 20.3. The highest BCUT2D eigenvalue weighted by atomic mass is 14.1. The minimum Gasteiger partial charge on any atom is -0.0683 e. The molecule has 0 heteroatoms. The topological polar surface area (TPSA) is 0 Å². The van der Waals surface area contributed by atoms with Crippen molar-refractivity contribution in [3.8, 4) is 0 Å². The Hall–Kier alpha value is 0. The number of hydrogen-bond acceptors (Lipinski definition) is 0. The van der Waals surface area contributed by atoms with Crippen molar-refractivity contribution in [3.05, 3.63) is 0 Å². The summed E-state index contributed by atoms with van der Waals surface area (Å²) < 4.78 is 0. The van der Waals surface area contributed by atoms with Crippen LogP contribution in [0.3, 0.4) is 0 Å². The predicted octanol–water partition coefficient (Wildman–Crippen LogP) is 5.28. The van der Waals surface area contributed by atoms with Crippen molar-refractivity contribution in [2.45, 2.75) is 74.7 Å². The number of hydrogen-bond donors (Lipinski definition) is 0. The zero-order valence-corrected chi connectivity index (χ0v) is 10.6. The summed E-state index contributed by atoms with van der Waals surface area (Å²) in [6, 6.07) is 0. The molecule has 0 bridgehead atoms. The van der Waals surface area contributed by atoms with E-state index in [0.29, 0.717) is 5.41 Å². The third kappa shape index (κ3) is 32.4. The first kappa shape index (κ1) is 17.9. The fraction of sp³-hybridized carbons (Fsp3) is 1.00. The molecule has 12 heavy (non-hydrogen) atoms. The van der Waals surface area contributed by atoms with E-state index in [1.54, 1.807) is 0 Å². The maximum atomic E-state index is 2.29. The van der Waals surface area contributed by atoms with Crippen LogP contribution < -0.4 is 0 Å². The first-order chi connectivity index (χ1) is 5.56. The summed E-state index contributed by atoms with van der Waals surface area (Å²) in [5, 5.41) is 0. The molecule has 0 saturated heterocycles. The zero-order valence-electron chi connectivity index (χ0n) is 10.6. The summed E-state index contributed by atoms with van der Waals surface area (Å²) in [6.07, 6.45) is 4.07. The zero-order chi connectivity index (χ0) is 10.6. The molecule has 0 aromatic carbocycles. The molecule has 0 fully saturated rings. The van der Waals surface area contributed by atoms with Gasteiger partial charge in [-0.05, 0) is 11.8 Å². The number of unbranched alkanes of at least 4 members (excludes halogenated alkanes) is 1. The van der Waals surface area contributed by atoms with E-state index < -0.39 is 0 Å². The molecular weight excluding hydrogens is 144 g/mol. The van der Waals surface area contributed by atoms with Crippen molar-refractivity contribution in [1.82, 2.24) is 0 Å². The molecule has 0 aliphatic heterocycles. The summed E-state index contributed by atoms with van der Waals surface area (Å²) in [5.74, 6) is 0. The normalized spacial score (nSPS) is 9.00. The van der Waals surface area contributed by atoms with E-state index in [4.69, 9.17) is 0 Å². The summed E-state index contributed by atoms with van der Waals surface area (Å²) in [4.78, 5) is 0. The third-order valence-corrected chi connectivity index (χ3v) is 1.28. The molecule has 0 N–H and O–H groups in total. The van der Waals surface area contributed by atoms with E-state index in [9.17, 15) is 0 Å². The van der Waals surface area contributed by atoms with Crippen LogP contribution in [-0.2, 0) is 0 Å². The van der Waals surface area contributed by atoms with Crippen molar-refractivity contribution in [2.24, 2.45) is 5.41 Å². The van der Waals surface area contributed by atoms with Crippen LogP contribution in [0, 0.1) is 5.41 Å². The molecule has 0 aliphatic carbocycles. The molecule has 0 radical (unpaired) electrons. The maximum absolute atomic E-state index is 2.29. The minimum atomic E-state index is 0.552. The van der Waals surface area contributed by atoms with Gasteiger partial charge in [-0.1, -0.05) is 68.2 Å². The SMILES string of the molecule is CC.CC.CCCCC(C)(C)C. The lowest BCUT2D eigenvalue weighted by molar-refractivity contribution is 0.363. The summed E-state index contributed by atoms with van der Waals surface area (Å²) >= 11 is 0. The summed E-state index contributed by atoms with van der Waals surface area (Å²) in [7, 11) is 0. The summed E-state index contributed by atoms with van der Waals surface area (Å²) in [5.41, 5.74) is 0.552. The lowest BCUT2D eigenvalue weighted by Crippen LogP contribution is -2.03. The van der Waals surface area contributed by atoms with Gasteiger partial charge in [-0.3, -0.25) is 0 Å². The average molecular weight is 174 g/mol. The van der Waals surface area contributed by atoms with Gasteiger partial charge in [0, 0.05) is 0 Å². The van der Waals surface area contributed by atoms with Crippen LogP contribution in [0.2, 0.25) is 0 Å². The Labute approximate surface area is 80.8 Å². The van der Waals surface area contributed by atoms with E-state index in [2.05, 4.69) is 27.7 Å². The minimum absolute atomic E-state index is 0.552. The highest BCUT2D eigenvalue weighted by Crippen LogP contribution is 2.20. The Balaban J connectivity index is -0.000000175. The second kappa shape index (κ2) is 13.6. The van der Waals surface area contributed by atoms with Gasteiger partial charge < -0.3 is 0 Å². The van der Waals surface area contributed by atoms with Gasteiger partial charge in [-0.25, -0.2) is 0 Å². The second-order valence-electron chi connectivity index (χ2n) is 3.66. The fourth-order valence-corrected chi connectivity index (χ4v) is 0.707. The van der Waals surface area contributed by atoms with Gasteiger partial charge in [-0.15, -0.1) is 0 Å². The van der Waals surface area contributed by atoms with Gasteiger partial charge in [-0.2, -0.15) is 0 Å². The van der Waals surface area contributed by atoms with Crippen molar-refractivity contribution >= 4 is 0 Å². The van der Waals surface area contributed by atoms with Crippen molar-refractivity contribution < 1.29 is 0 Å².